The van der Waals surface area contributed by atoms with Crippen molar-refractivity contribution in [2.24, 2.45) is 0 Å². The Balaban J connectivity index is 0.706. The molecule has 0 saturated carbocycles. The number of aliphatic hydroxyl groups excluding tert-OH is 1. The number of amides is 7. The Kier molecular flexibility index (Phi) is 16.3. The molecule has 2 aromatic heterocycles. The Labute approximate surface area is 445 Å². The summed E-state index contributed by atoms with van der Waals surface area (Å²) in [5.41, 5.74) is 5.68. The molecule has 7 amide bonds. The van der Waals surface area contributed by atoms with Crippen LogP contribution in [0.25, 0.3) is 22.3 Å². The van der Waals surface area contributed by atoms with Crippen molar-refractivity contribution in [3.8, 4) is 11.4 Å². The van der Waals surface area contributed by atoms with E-state index < -0.39 is 83.4 Å². The maximum Gasteiger partial charge on any atom is 0.340 e. The second kappa shape index (κ2) is 23.4. The topological polar surface area (TPSA) is 283 Å². The molecule has 4 aliphatic rings. The van der Waals surface area contributed by atoms with Crippen molar-refractivity contribution in [2.75, 3.05) is 51.1 Å². The van der Waals surface area contributed by atoms with Crippen LogP contribution in [0.15, 0.2) is 83.7 Å². The number of esters is 1. The molecule has 0 bridgehead atoms. The summed E-state index contributed by atoms with van der Waals surface area (Å²) in [4.78, 5) is 120. The standard InChI is InChI=1S/C56H57FN8O13/c1-31-35-17-18-56(2,50-37-27-64-42(51(37)63-40(49(35)50)23-39(31)57)22-36-38(54(64)74)28-78-55(75)52(36)72)29-76-19-20-77-30-61-45(68)25-60-53(73)41(21-33-7-4-3-5-8-33)62-46(69)26-59-44(67)24-58-43(66)10-6-9-32-11-13-34(14-12-32)65-47(70)15-16-48(65)71/h3-5,7-8,11-16,22-23,41,52,72H,6,9-10,17-21,24-30H2,1-2H3,(H,58,66)(H,59,67)(H,60,73)(H,61,68)(H,62,69). The number of ether oxygens (including phenoxy) is 3. The molecule has 21 nitrogen and oxygen atoms in total. The van der Waals surface area contributed by atoms with Crippen LogP contribution in [-0.4, -0.2) is 114 Å². The third-order valence-electron chi connectivity index (χ3n) is 14.4. The van der Waals surface area contributed by atoms with Gasteiger partial charge in [-0.05, 0) is 78.6 Å². The van der Waals surface area contributed by atoms with Crippen LogP contribution in [0, 0.1) is 12.7 Å². The van der Waals surface area contributed by atoms with Crippen LogP contribution in [0.1, 0.15) is 76.8 Å². The minimum absolute atomic E-state index is 0.0736. The summed E-state index contributed by atoms with van der Waals surface area (Å²) >= 11 is 0. The van der Waals surface area contributed by atoms with Crippen molar-refractivity contribution >= 4 is 63.9 Å². The number of pyridine rings is 2. The predicted octanol–water partition coefficient (Wildman–Crippen LogP) is 1.80. The van der Waals surface area contributed by atoms with Crippen LogP contribution in [0.2, 0.25) is 0 Å². The molecule has 0 spiro atoms. The first-order valence-corrected chi connectivity index (χ1v) is 25.5. The number of hydrogen-bond acceptors (Lipinski definition) is 14. The Morgan fingerprint density at radius 1 is 0.833 bits per heavy atom. The molecular weight excluding hydrogens is 1010 g/mol. The number of aromatic nitrogens is 2. The highest BCUT2D eigenvalue weighted by atomic mass is 19.1. The van der Waals surface area contributed by atoms with E-state index in [0.29, 0.717) is 53.8 Å². The summed E-state index contributed by atoms with van der Waals surface area (Å²) in [6.07, 6.45) is 3.11. The molecule has 5 heterocycles. The second-order valence-corrected chi connectivity index (χ2v) is 19.7. The van der Waals surface area contributed by atoms with Gasteiger partial charge < -0.3 is 50.5 Å². The Morgan fingerprint density at radius 3 is 2.28 bits per heavy atom. The zero-order valence-electron chi connectivity index (χ0n) is 42.8. The predicted molar refractivity (Wildman–Crippen MR) is 278 cm³/mol. The number of aliphatic hydroxyl groups is 1. The fourth-order valence-corrected chi connectivity index (χ4v) is 10.3. The number of cyclic esters (lactones) is 1. The van der Waals surface area contributed by atoms with Crippen LogP contribution < -0.4 is 37.0 Å². The molecule has 1 aliphatic carbocycles. The van der Waals surface area contributed by atoms with Crippen LogP contribution in [-0.2, 0) is 90.4 Å². The summed E-state index contributed by atoms with van der Waals surface area (Å²) in [7, 11) is 0. The highest BCUT2D eigenvalue weighted by Crippen LogP contribution is 2.48. The maximum atomic E-state index is 15.4. The molecule has 406 valence electrons. The first-order chi connectivity index (χ1) is 37.5. The van der Waals surface area contributed by atoms with Crippen molar-refractivity contribution in [3.05, 3.63) is 140 Å². The number of fused-ring (bicyclic) bond motifs is 5. The van der Waals surface area contributed by atoms with E-state index in [1.807, 2.05) is 6.92 Å². The van der Waals surface area contributed by atoms with E-state index in [1.165, 1.54) is 18.2 Å². The fraction of sp³-hybridized carbons (Fsp3) is 0.357. The van der Waals surface area contributed by atoms with Crippen LogP contribution in [0.4, 0.5) is 10.1 Å². The maximum absolute atomic E-state index is 15.4. The minimum Gasteiger partial charge on any atom is -0.458 e. The van der Waals surface area contributed by atoms with Gasteiger partial charge in [0.05, 0.1) is 74.2 Å². The number of halogens is 1. The summed E-state index contributed by atoms with van der Waals surface area (Å²) in [6, 6.07) is 17.6. The van der Waals surface area contributed by atoms with E-state index in [4.69, 9.17) is 19.2 Å². The van der Waals surface area contributed by atoms with Gasteiger partial charge in [0.2, 0.25) is 29.5 Å². The molecule has 6 N–H and O–H groups in total. The smallest absolute Gasteiger partial charge is 0.340 e. The number of rotatable bonds is 22. The first-order valence-electron chi connectivity index (χ1n) is 25.5. The number of aryl methyl sites for hydroxylation is 2. The molecule has 0 saturated heterocycles. The number of nitrogens with zero attached hydrogens (tertiary/aromatic N) is 3. The number of imide groups is 1. The van der Waals surface area contributed by atoms with Crippen LogP contribution in [0.3, 0.4) is 0 Å². The van der Waals surface area contributed by atoms with Gasteiger partial charge in [-0.3, -0.25) is 38.4 Å². The SMILES string of the molecule is Cc1c(F)cc2nc3c(c4c2c1CCC4(C)COCCOCNC(=O)CNC(=O)C(Cc1ccccc1)NC(=O)CNC(=O)CNC(=O)CCCc1ccc(N2C(=O)C=CC2=O)cc1)Cn1c-3cc2c(c1=O)COC(=O)C2O. The summed E-state index contributed by atoms with van der Waals surface area (Å²) in [5, 5.41) is 24.1. The van der Waals surface area contributed by atoms with Crippen molar-refractivity contribution in [2.45, 2.75) is 83.1 Å². The molecule has 0 fully saturated rings. The van der Waals surface area contributed by atoms with Gasteiger partial charge in [-0.15, -0.1) is 0 Å². The average molecular weight is 1070 g/mol. The van der Waals surface area contributed by atoms with Crippen molar-refractivity contribution in [1.82, 2.24) is 36.1 Å². The largest absolute Gasteiger partial charge is 0.458 e. The summed E-state index contributed by atoms with van der Waals surface area (Å²) in [5.74, 6) is -5.01. The van der Waals surface area contributed by atoms with Crippen LogP contribution >= 0.6 is 0 Å². The molecule has 3 atom stereocenters. The van der Waals surface area contributed by atoms with Crippen LogP contribution in [0.5, 0.6) is 0 Å². The molecule has 0 radical (unpaired) electrons. The Morgan fingerprint density at radius 2 is 1.53 bits per heavy atom. The van der Waals surface area contributed by atoms with E-state index in [-0.39, 0.29) is 76.1 Å². The summed E-state index contributed by atoms with van der Waals surface area (Å²) in [6.45, 7) is 2.59. The van der Waals surface area contributed by atoms with E-state index in [9.17, 15) is 48.3 Å². The van der Waals surface area contributed by atoms with Gasteiger partial charge in [0, 0.05) is 53.0 Å². The number of nitrogens with one attached hydrogen (secondary N) is 5. The van der Waals surface area contributed by atoms with Gasteiger partial charge in [-0.2, -0.15) is 0 Å². The lowest BCUT2D eigenvalue weighted by atomic mass is 9.69. The minimum atomic E-state index is -1.62. The van der Waals surface area contributed by atoms with Gasteiger partial charge in [-0.1, -0.05) is 49.4 Å². The normalized spacial score (nSPS) is 17.2. The Hall–Kier alpha value is -8.47. The third-order valence-corrected chi connectivity index (χ3v) is 14.4. The molecular formula is C56H57FN8O13. The highest BCUT2D eigenvalue weighted by molar-refractivity contribution is 6.28. The van der Waals surface area contributed by atoms with E-state index >= 15 is 4.39 Å². The zero-order valence-corrected chi connectivity index (χ0v) is 42.8. The lowest BCUT2D eigenvalue weighted by Gasteiger charge is -2.37. The number of hydrogen-bond donors (Lipinski definition) is 6. The first kappa shape index (κ1) is 54.3. The van der Waals surface area contributed by atoms with Gasteiger partial charge >= 0.3 is 5.97 Å². The van der Waals surface area contributed by atoms with Gasteiger partial charge in [0.25, 0.3) is 17.4 Å². The molecule has 22 heteroatoms. The van der Waals surface area contributed by atoms with Gasteiger partial charge in [-0.25, -0.2) is 19.1 Å². The molecule has 3 aliphatic heterocycles. The lowest BCUT2D eigenvalue weighted by Crippen LogP contribution is -2.52. The summed E-state index contributed by atoms with van der Waals surface area (Å²) < 4.78 is 33.8. The van der Waals surface area contributed by atoms with E-state index in [1.54, 1.807) is 72.2 Å². The Bertz CT molecular complexity index is 3330. The van der Waals surface area contributed by atoms with Gasteiger partial charge in [0.15, 0.2) is 6.10 Å². The lowest BCUT2D eigenvalue weighted by molar-refractivity contribution is -0.157. The van der Waals surface area contributed by atoms with Gasteiger partial charge in [0.1, 0.15) is 25.2 Å². The molecule has 3 unspecified atom stereocenters. The number of carbonyl (C=O) groups is 8. The zero-order chi connectivity index (χ0) is 55.3. The molecule has 3 aromatic carbocycles. The number of benzene rings is 3. The molecule has 9 rings (SSSR count). The third kappa shape index (κ3) is 11.7. The highest BCUT2D eigenvalue weighted by Gasteiger charge is 2.42. The van der Waals surface area contributed by atoms with Crippen molar-refractivity contribution in [3.63, 3.8) is 0 Å². The monoisotopic (exact) mass is 1070 g/mol. The number of anilines is 1. The average Bonchev–Trinajstić information content (AvgIpc) is 4.11. The molecule has 78 heavy (non-hydrogen) atoms. The van der Waals surface area contributed by atoms with E-state index in [2.05, 4.69) is 26.6 Å². The quantitative estimate of drug-likeness (QED) is 0.0245. The van der Waals surface area contributed by atoms with Crippen molar-refractivity contribution in [1.29, 1.82) is 0 Å². The molecule has 5 aromatic rings. The van der Waals surface area contributed by atoms with Crippen molar-refractivity contribution < 1.29 is 62.1 Å². The second-order valence-electron chi connectivity index (χ2n) is 19.7. The fourth-order valence-electron chi connectivity index (χ4n) is 10.3. The van der Waals surface area contributed by atoms with E-state index in [0.717, 1.165) is 38.1 Å². The number of carbonyl (C=O) groups excluding carboxylic acids is 8.